The SMILES string of the molecule is COc1ccc2nc(NC(=O)CSc3cccc(NC(=O)c4cccc([N+](=O)[O-])c4)c3)sc2c1. The van der Waals surface area contributed by atoms with Gasteiger partial charge in [0.25, 0.3) is 11.6 Å². The van der Waals surface area contributed by atoms with Gasteiger partial charge in [-0.3, -0.25) is 19.7 Å². The Bertz CT molecular complexity index is 1390. The van der Waals surface area contributed by atoms with Crippen LogP contribution in [-0.2, 0) is 4.79 Å². The first kappa shape index (κ1) is 23.2. The highest BCUT2D eigenvalue weighted by Gasteiger charge is 2.13. The number of benzene rings is 3. The van der Waals surface area contributed by atoms with Crippen molar-refractivity contribution in [3.05, 3.63) is 82.4 Å². The Hall–Kier alpha value is -3.96. The number of rotatable bonds is 8. The quantitative estimate of drug-likeness (QED) is 0.196. The molecule has 0 radical (unpaired) electrons. The van der Waals surface area contributed by atoms with Gasteiger partial charge in [0.15, 0.2) is 5.13 Å². The van der Waals surface area contributed by atoms with Gasteiger partial charge in [-0.05, 0) is 42.5 Å². The summed E-state index contributed by atoms with van der Waals surface area (Å²) in [5, 5.41) is 17.0. The predicted molar refractivity (Wildman–Crippen MR) is 133 cm³/mol. The maximum absolute atomic E-state index is 12.5. The van der Waals surface area contributed by atoms with Crippen molar-refractivity contribution >= 4 is 61.6 Å². The van der Waals surface area contributed by atoms with Crippen LogP contribution in [0, 0.1) is 10.1 Å². The van der Waals surface area contributed by atoms with Crippen molar-refractivity contribution in [3.8, 4) is 5.75 Å². The van der Waals surface area contributed by atoms with E-state index in [-0.39, 0.29) is 22.9 Å². The number of thiazole rings is 1. The molecule has 9 nitrogen and oxygen atoms in total. The van der Waals surface area contributed by atoms with Crippen molar-refractivity contribution in [2.75, 3.05) is 23.5 Å². The molecule has 4 rings (SSSR count). The molecule has 2 N–H and O–H groups in total. The average molecular weight is 495 g/mol. The van der Waals surface area contributed by atoms with Crippen molar-refractivity contribution in [3.63, 3.8) is 0 Å². The molecule has 0 saturated heterocycles. The zero-order valence-electron chi connectivity index (χ0n) is 17.8. The molecule has 172 valence electrons. The third-order valence-electron chi connectivity index (χ3n) is 4.62. The van der Waals surface area contributed by atoms with E-state index in [1.54, 1.807) is 25.3 Å². The molecule has 0 bridgehead atoms. The average Bonchev–Trinajstić information content (AvgIpc) is 3.24. The van der Waals surface area contributed by atoms with Gasteiger partial charge in [-0.2, -0.15) is 0 Å². The Morgan fingerprint density at radius 1 is 1.09 bits per heavy atom. The minimum atomic E-state index is -0.551. The highest BCUT2D eigenvalue weighted by atomic mass is 32.2. The number of nitrogens with zero attached hydrogens (tertiary/aromatic N) is 2. The van der Waals surface area contributed by atoms with Crippen LogP contribution in [0.1, 0.15) is 10.4 Å². The molecule has 0 aliphatic rings. The Balaban J connectivity index is 1.35. The zero-order valence-corrected chi connectivity index (χ0v) is 19.4. The Morgan fingerprint density at radius 2 is 1.91 bits per heavy atom. The first-order chi connectivity index (χ1) is 16.4. The van der Waals surface area contributed by atoms with Crippen molar-refractivity contribution in [2.45, 2.75) is 4.90 Å². The fourth-order valence-electron chi connectivity index (χ4n) is 3.02. The summed E-state index contributed by atoms with van der Waals surface area (Å²) in [5.41, 5.74) is 1.32. The van der Waals surface area contributed by atoms with Crippen molar-refractivity contribution in [2.24, 2.45) is 0 Å². The number of methoxy groups -OCH3 is 1. The smallest absolute Gasteiger partial charge is 0.270 e. The number of amides is 2. The van der Waals surface area contributed by atoms with Crippen LogP contribution in [0.4, 0.5) is 16.5 Å². The van der Waals surface area contributed by atoms with Crippen LogP contribution in [0.25, 0.3) is 10.2 Å². The standard InChI is InChI=1S/C23H18N4O5S2/c1-32-17-8-9-19-20(12-17)34-23(25-19)26-21(28)13-33-18-7-3-5-15(11-18)24-22(29)14-4-2-6-16(10-14)27(30)31/h2-12H,13H2,1H3,(H,24,29)(H,25,26,28). The largest absolute Gasteiger partial charge is 0.497 e. The molecule has 1 heterocycles. The number of carbonyl (C=O) groups excluding carboxylic acids is 2. The summed E-state index contributed by atoms with van der Waals surface area (Å²) in [4.78, 5) is 40.4. The number of carbonyl (C=O) groups is 2. The summed E-state index contributed by atoms with van der Waals surface area (Å²) in [6, 6.07) is 18.0. The minimum Gasteiger partial charge on any atom is -0.497 e. The third-order valence-corrected chi connectivity index (χ3v) is 6.55. The van der Waals surface area contributed by atoms with Crippen molar-refractivity contribution < 1.29 is 19.2 Å². The molecule has 3 aromatic carbocycles. The number of anilines is 2. The minimum absolute atomic E-state index is 0.154. The van der Waals surface area contributed by atoms with E-state index < -0.39 is 10.8 Å². The summed E-state index contributed by atoms with van der Waals surface area (Å²) >= 11 is 2.67. The van der Waals surface area contributed by atoms with Gasteiger partial charge >= 0.3 is 0 Å². The number of ether oxygens (including phenoxy) is 1. The lowest BCUT2D eigenvalue weighted by molar-refractivity contribution is -0.384. The molecular weight excluding hydrogens is 476 g/mol. The monoisotopic (exact) mass is 494 g/mol. The van der Waals surface area contributed by atoms with E-state index >= 15 is 0 Å². The van der Waals surface area contributed by atoms with Crippen LogP contribution in [0.15, 0.2) is 71.6 Å². The fourth-order valence-corrected chi connectivity index (χ4v) is 4.68. The second-order valence-corrected chi connectivity index (χ2v) is 9.06. The Morgan fingerprint density at radius 3 is 2.71 bits per heavy atom. The van der Waals surface area contributed by atoms with Gasteiger partial charge in [-0.1, -0.05) is 23.5 Å². The summed E-state index contributed by atoms with van der Waals surface area (Å²) < 4.78 is 6.12. The van der Waals surface area contributed by atoms with E-state index in [1.165, 1.54) is 47.4 Å². The summed E-state index contributed by atoms with van der Waals surface area (Å²) in [6.07, 6.45) is 0. The van der Waals surface area contributed by atoms with E-state index in [9.17, 15) is 19.7 Å². The van der Waals surface area contributed by atoms with Gasteiger partial charge < -0.3 is 15.4 Å². The molecule has 0 saturated carbocycles. The van der Waals surface area contributed by atoms with Gasteiger partial charge in [0.05, 0.1) is 28.0 Å². The Kier molecular flexibility index (Phi) is 7.04. The van der Waals surface area contributed by atoms with E-state index in [1.807, 2.05) is 24.3 Å². The molecule has 1 aromatic heterocycles. The lowest BCUT2D eigenvalue weighted by Gasteiger charge is -2.07. The van der Waals surface area contributed by atoms with E-state index in [4.69, 9.17) is 4.74 Å². The van der Waals surface area contributed by atoms with Crippen molar-refractivity contribution in [1.29, 1.82) is 0 Å². The normalized spacial score (nSPS) is 10.6. The molecule has 11 heteroatoms. The molecule has 0 atom stereocenters. The highest BCUT2D eigenvalue weighted by Crippen LogP contribution is 2.29. The molecule has 0 fully saturated rings. The number of nitro groups is 1. The van der Waals surface area contributed by atoms with Crippen LogP contribution in [-0.4, -0.2) is 34.6 Å². The van der Waals surface area contributed by atoms with E-state index in [0.29, 0.717) is 10.8 Å². The first-order valence-electron chi connectivity index (χ1n) is 9.94. The van der Waals surface area contributed by atoms with Gasteiger partial charge in [-0.15, -0.1) is 11.8 Å². The van der Waals surface area contributed by atoms with Crippen LogP contribution in [0.2, 0.25) is 0 Å². The summed E-state index contributed by atoms with van der Waals surface area (Å²) in [5.74, 6) is 0.210. The molecule has 34 heavy (non-hydrogen) atoms. The topological polar surface area (TPSA) is 123 Å². The predicted octanol–water partition coefficient (Wildman–Crippen LogP) is 5.20. The third kappa shape index (κ3) is 5.69. The molecular formula is C23H18N4O5S2. The maximum atomic E-state index is 12.5. The van der Waals surface area contributed by atoms with Gasteiger partial charge in [-0.25, -0.2) is 4.98 Å². The highest BCUT2D eigenvalue weighted by molar-refractivity contribution is 8.00. The number of fused-ring (bicyclic) bond motifs is 1. The van der Waals surface area contributed by atoms with Crippen LogP contribution in [0.3, 0.4) is 0 Å². The van der Waals surface area contributed by atoms with E-state index in [2.05, 4.69) is 15.6 Å². The number of non-ortho nitro benzene ring substituents is 1. The van der Waals surface area contributed by atoms with E-state index in [0.717, 1.165) is 20.9 Å². The number of aromatic nitrogens is 1. The number of nitrogens with one attached hydrogen (secondary N) is 2. The van der Waals surface area contributed by atoms with Crippen LogP contribution < -0.4 is 15.4 Å². The number of hydrogen-bond donors (Lipinski definition) is 2. The fraction of sp³-hybridized carbons (Fsp3) is 0.0870. The number of hydrogen-bond acceptors (Lipinski definition) is 8. The lowest BCUT2D eigenvalue weighted by Crippen LogP contribution is -2.14. The molecule has 0 aliphatic carbocycles. The Labute approximate surface area is 202 Å². The number of nitro benzene ring substituents is 1. The van der Waals surface area contributed by atoms with Gasteiger partial charge in [0.2, 0.25) is 5.91 Å². The second-order valence-electron chi connectivity index (χ2n) is 6.98. The van der Waals surface area contributed by atoms with Gasteiger partial charge in [0, 0.05) is 28.3 Å². The van der Waals surface area contributed by atoms with Crippen LogP contribution >= 0.6 is 23.1 Å². The van der Waals surface area contributed by atoms with Crippen molar-refractivity contribution in [1.82, 2.24) is 4.98 Å². The zero-order chi connectivity index (χ0) is 24.1. The second kappa shape index (κ2) is 10.3. The summed E-state index contributed by atoms with van der Waals surface area (Å²) in [6.45, 7) is 0. The van der Waals surface area contributed by atoms with Gasteiger partial charge in [0.1, 0.15) is 5.75 Å². The molecule has 0 spiro atoms. The molecule has 0 unspecified atom stereocenters. The summed E-state index contributed by atoms with van der Waals surface area (Å²) in [7, 11) is 1.59. The molecule has 4 aromatic rings. The molecule has 0 aliphatic heterocycles. The first-order valence-corrected chi connectivity index (χ1v) is 11.7. The number of thioether (sulfide) groups is 1. The maximum Gasteiger partial charge on any atom is 0.270 e. The lowest BCUT2D eigenvalue weighted by atomic mass is 10.2. The van der Waals surface area contributed by atoms with Crippen LogP contribution in [0.5, 0.6) is 5.75 Å². The molecule has 2 amide bonds.